The molecule has 2 unspecified atom stereocenters. The Kier molecular flexibility index (Phi) is 31.5. The van der Waals surface area contributed by atoms with Crippen LogP contribution in [0.5, 0.6) is 0 Å². The Balaban J connectivity index is 1.85. The van der Waals surface area contributed by atoms with Gasteiger partial charge in [0.25, 0.3) is 0 Å². The van der Waals surface area contributed by atoms with E-state index in [1.165, 1.54) is 109 Å². The number of aliphatic hydroxyl groups is 1. The fourth-order valence-corrected chi connectivity index (χ4v) is 6.18. The molecule has 0 aromatic carbocycles. The normalized spacial score (nSPS) is 16.7. The van der Waals surface area contributed by atoms with Crippen LogP contribution in [0.3, 0.4) is 0 Å². The SMILES string of the molecule is CCCCC/C=C\C/C=C\C/C=C\CC1OC1CCCC(=O)OC[C@H](O)COC(=O)CCCCCCCCCCCCCCCCCC(C)C. The lowest BCUT2D eigenvalue weighted by atomic mass is 10.0. The van der Waals surface area contributed by atoms with E-state index in [0.717, 1.165) is 50.9 Å². The zero-order chi connectivity index (χ0) is 36.3. The van der Waals surface area contributed by atoms with Gasteiger partial charge in [-0.25, -0.2) is 0 Å². The maximum atomic E-state index is 12.1. The van der Waals surface area contributed by atoms with E-state index in [9.17, 15) is 14.7 Å². The third-order valence-electron chi connectivity index (χ3n) is 9.48. The second-order valence-electron chi connectivity index (χ2n) is 15.0. The average Bonchev–Trinajstić information content (AvgIpc) is 3.85. The van der Waals surface area contributed by atoms with E-state index in [4.69, 9.17) is 14.2 Å². The van der Waals surface area contributed by atoms with Gasteiger partial charge in [0.1, 0.15) is 19.3 Å². The lowest BCUT2D eigenvalue weighted by Crippen LogP contribution is -2.25. The first-order chi connectivity index (χ1) is 24.4. The molecule has 0 aliphatic carbocycles. The Hall–Kier alpha value is -1.92. The number of esters is 2. The molecule has 6 heteroatoms. The highest BCUT2D eigenvalue weighted by Gasteiger charge is 2.36. The molecule has 0 aromatic heterocycles. The van der Waals surface area contributed by atoms with Gasteiger partial charge in [-0.15, -0.1) is 0 Å². The van der Waals surface area contributed by atoms with Crippen molar-refractivity contribution in [2.75, 3.05) is 13.2 Å². The van der Waals surface area contributed by atoms with E-state index < -0.39 is 6.10 Å². The molecule has 1 N–H and O–H groups in total. The first kappa shape index (κ1) is 46.1. The Morgan fingerprint density at radius 3 is 1.62 bits per heavy atom. The number of hydrogen-bond acceptors (Lipinski definition) is 6. The van der Waals surface area contributed by atoms with Crippen LogP contribution in [0.1, 0.15) is 194 Å². The van der Waals surface area contributed by atoms with Crippen molar-refractivity contribution < 1.29 is 28.9 Å². The summed E-state index contributed by atoms with van der Waals surface area (Å²) in [5.41, 5.74) is 0. The quantitative estimate of drug-likeness (QED) is 0.0303. The summed E-state index contributed by atoms with van der Waals surface area (Å²) < 4.78 is 16.1. The summed E-state index contributed by atoms with van der Waals surface area (Å²) in [4.78, 5) is 24.1. The van der Waals surface area contributed by atoms with Gasteiger partial charge in [-0.2, -0.15) is 0 Å². The summed E-state index contributed by atoms with van der Waals surface area (Å²) in [5, 5.41) is 10.1. The van der Waals surface area contributed by atoms with Crippen molar-refractivity contribution in [3.63, 3.8) is 0 Å². The molecule has 0 aromatic rings. The number of unbranched alkanes of at least 4 members (excludes halogenated alkanes) is 17. The highest BCUT2D eigenvalue weighted by Crippen LogP contribution is 2.30. The number of hydrogen-bond donors (Lipinski definition) is 1. The standard InChI is InChI=1S/C44H78O6/c1-4-5-6-7-8-9-10-17-20-23-26-29-33-41-42(50-41)34-31-36-44(47)49-38-40(45)37-48-43(46)35-30-27-24-21-18-15-13-11-12-14-16-19-22-25-28-32-39(2)3/h8-9,17,20,26,29,39-42,45H,4-7,10-16,18-19,21-25,27-28,30-38H2,1-3H3/b9-8-,20-17-,29-26-/t40-,41?,42?/m1/s1. The van der Waals surface area contributed by atoms with Crippen LogP contribution in [-0.2, 0) is 23.8 Å². The average molecular weight is 703 g/mol. The second kappa shape index (κ2) is 34.2. The molecule has 1 rings (SSSR count). The van der Waals surface area contributed by atoms with Gasteiger partial charge in [0.05, 0.1) is 12.2 Å². The third-order valence-corrected chi connectivity index (χ3v) is 9.48. The number of carbonyl (C=O) groups excluding carboxylic acids is 2. The molecule has 0 amide bonds. The minimum absolute atomic E-state index is 0.137. The number of aliphatic hydroxyl groups excluding tert-OH is 1. The molecular weight excluding hydrogens is 624 g/mol. The van der Waals surface area contributed by atoms with Gasteiger partial charge in [0.2, 0.25) is 0 Å². The summed E-state index contributed by atoms with van der Waals surface area (Å²) in [7, 11) is 0. The van der Waals surface area contributed by atoms with Crippen molar-refractivity contribution in [1.82, 2.24) is 0 Å². The van der Waals surface area contributed by atoms with Crippen LogP contribution in [0.4, 0.5) is 0 Å². The van der Waals surface area contributed by atoms with Crippen LogP contribution >= 0.6 is 0 Å². The monoisotopic (exact) mass is 703 g/mol. The second-order valence-corrected chi connectivity index (χ2v) is 15.0. The fraction of sp³-hybridized carbons (Fsp3) is 0.818. The van der Waals surface area contributed by atoms with Gasteiger partial charge in [0.15, 0.2) is 0 Å². The van der Waals surface area contributed by atoms with Crippen LogP contribution < -0.4 is 0 Å². The van der Waals surface area contributed by atoms with Crippen LogP contribution in [0.15, 0.2) is 36.5 Å². The van der Waals surface area contributed by atoms with Gasteiger partial charge in [-0.3, -0.25) is 9.59 Å². The van der Waals surface area contributed by atoms with E-state index in [1.54, 1.807) is 0 Å². The number of carbonyl (C=O) groups is 2. The maximum absolute atomic E-state index is 12.1. The predicted octanol–water partition coefficient (Wildman–Crippen LogP) is 12.1. The minimum Gasteiger partial charge on any atom is -0.463 e. The van der Waals surface area contributed by atoms with Crippen LogP contribution in [-0.4, -0.2) is 48.6 Å². The summed E-state index contributed by atoms with van der Waals surface area (Å²) in [6.45, 7) is 6.58. The van der Waals surface area contributed by atoms with Crippen molar-refractivity contribution in [2.24, 2.45) is 5.92 Å². The highest BCUT2D eigenvalue weighted by atomic mass is 16.6. The fourth-order valence-electron chi connectivity index (χ4n) is 6.18. The molecule has 1 aliphatic rings. The topological polar surface area (TPSA) is 85.4 Å². The van der Waals surface area contributed by atoms with Crippen molar-refractivity contribution >= 4 is 11.9 Å². The van der Waals surface area contributed by atoms with Crippen LogP contribution in [0, 0.1) is 5.92 Å². The molecular formula is C44H78O6. The van der Waals surface area contributed by atoms with Gasteiger partial charge in [-0.05, 0) is 57.3 Å². The van der Waals surface area contributed by atoms with E-state index in [2.05, 4.69) is 57.2 Å². The first-order valence-corrected chi connectivity index (χ1v) is 21.0. The van der Waals surface area contributed by atoms with Crippen molar-refractivity contribution in [3.8, 4) is 0 Å². The van der Waals surface area contributed by atoms with E-state index >= 15 is 0 Å². The Morgan fingerprint density at radius 2 is 1.08 bits per heavy atom. The summed E-state index contributed by atoms with van der Waals surface area (Å²) in [6, 6.07) is 0. The molecule has 1 fully saturated rings. The van der Waals surface area contributed by atoms with Crippen molar-refractivity contribution in [3.05, 3.63) is 36.5 Å². The zero-order valence-corrected chi connectivity index (χ0v) is 32.8. The van der Waals surface area contributed by atoms with E-state index in [-0.39, 0.29) is 37.4 Å². The molecule has 1 saturated heterocycles. The molecule has 50 heavy (non-hydrogen) atoms. The van der Waals surface area contributed by atoms with Gasteiger partial charge in [0, 0.05) is 12.8 Å². The zero-order valence-electron chi connectivity index (χ0n) is 32.8. The number of epoxide rings is 1. The number of rotatable bonds is 36. The molecule has 0 saturated carbocycles. The van der Waals surface area contributed by atoms with Gasteiger partial charge in [-0.1, -0.05) is 166 Å². The van der Waals surface area contributed by atoms with E-state index in [1.807, 2.05) is 0 Å². The Labute approximate surface area is 308 Å². The summed E-state index contributed by atoms with van der Waals surface area (Å²) in [6.07, 6.45) is 43.7. The largest absolute Gasteiger partial charge is 0.463 e. The Morgan fingerprint density at radius 1 is 0.600 bits per heavy atom. The molecule has 290 valence electrons. The van der Waals surface area contributed by atoms with Crippen molar-refractivity contribution in [1.29, 1.82) is 0 Å². The minimum atomic E-state index is -0.993. The third kappa shape index (κ3) is 32.0. The first-order valence-electron chi connectivity index (χ1n) is 21.0. The lowest BCUT2D eigenvalue weighted by molar-refractivity contribution is -0.152. The van der Waals surface area contributed by atoms with Crippen LogP contribution in [0.2, 0.25) is 0 Å². The van der Waals surface area contributed by atoms with Crippen molar-refractivity contribution in [2.45, 2.75) is 212 Å². The Bertz CT molecular complexity index is 878. The number of allylic oxidation sites excluding steroid dienone is 5. The van der Waals surface area contributed by atoms with Gasteiger partial charge < -0.3 is 19.3 Å². The molecule has 6 nitrogen and oxygen atoms in total. The maximum Gasteiger partial charge on any atom is 0.305 e. The molecule has 0 bridgehead atoms. The molecule has 0 radical (unpaired) electrons. The highest BCUT2D eigenvalue weighted by molar-refractivity contribution is 5.69. The lowest BCUT2D eigenvalue weighted by Gasteiger charge is -2.12. The van der Waals surface area contributed by atoms with E-state index in [0.29, 0.717) is 19.3 Å². The molecule has 1 aliphatic heterocycles. The van der Waals surface area contributed by atoms with Gasteiger partial charge >= 0.3 is 11.9 Å². The predicted molar refractivity (Wildman–Crippen MR) is 209 cm³/mol. The molecule has 1 heterocycles. The smallest absolute Gasteiger partial charge is 0.305 e. The summed E-state index contributed by atoms with van der Waals surface area (Å²) >= 11 is 0. The molecule has 3 atom stereocenters. The summed E-state index contributed by atoms with van der Waals surface area (Å²) in [5.74, 6) is 0.218. The number of ether oxygens (including phenoxy) is 3. The van der Waals surface area contributed by atoms with Crippen LogP contribution in [0.25, 0.3) is 0 Å². The molecule has 0 spiro atoms.